The number of rotatable bonds is 4. The zero-order chi connectivity index (χ0) is 9.52. The largest absolute Gasteiger partial charge is 0.389 e. The molecule has 1 atom stereocenters. The molecule has 1 saturated heterocycles. The number of ether oxygens (including phenoxy) is 1. The molecule has 2 N–H and O–H groups in total. The van der Waals surface area contributed by atoms with Crippen LogP contribution in [-0.2, 0) is 4.74 Å². The number of nitrogens with zero attached hydrogens (tertiary/aromatic N) is 1. The minimum absolute atomic E-state index is 0.344. The molecular formula is C9H20N2O2. The molecule has 0 saturated carbocycles. The summed E-state index contributed by atoms with van der Waals surface area (Å²) in [6, 6.07) is 0. The summed E-state index contributed by atoms with van der Waals surface area (Å²) < 4.78 is 4.88. The molecule has 0 aromatic carbocycles. The van der Waals surface area contributed by atoms with Crippen molar-refractivity contribution in [2.75, 3.05) is 46.4 Å². The molecule has 0 aromatic heterocycles. The average Bonchev–Trinajstić information content (AvgIpc) is 2.33. The lowest BCUT2D eigenvalue weighted by atomic mass is 10.3. The van der Waals surface area contributed by atoms with Gasteiger partial charge >= 0.3 is 0 Å². The third-order valence-electron chi connectivity index (χ3n) is 2.26. The Morgan fingerprint density at radius 2 is 2.31 bits per heavy atom. The van der Waals surface area contributed by atoms with E-state index in [9.17, 15) is 5.11 Å². The second-order valence-corrected chi connectivity index (χ2v) is 3.51. The lowest BCUT2D eigenvalue weighted by Gasteiger charge is -2.22. The summed E-state index contributed by atoms with van der Waals surface area (Å²) in [7, 11) is 1.62. The van der Waals surface area contributed by atoms with Gasteiger partial charge < -0.3 is 15.2 Å². The Bertz CT molecular complexity index is 125. The van der Waals surface area contributed by atoms with E-state index in [4.69, 9.17) is 4.74 Å². The van der Waals surface area contributed by atoms with E-state index in [2.05, 4.69) is 10.2 Å². The minimum atomic E-state index is -0.344. The first-order chi connectivity index (χ1) is 6.33. The highest BCUT2D eigenvalue weighted by Crippen LogP contribution is 1.97. The van der Waals surface area contributed by atoms with Crippen molar-refractivity contribution < 1.29 is 9.84 Å². The van der Waals surface area contributed by atoms with Gasteiger partial charge in [-0.25, -0.2) is 0 Å². The SMILES string of the molecule is COC[C@H](O)CN1CCCNCC1. The molecule has 0 aromatic rings. The van der Waals surface area contributed by atoms with E-state index in [1.807, 2.05) is 0 Å². The highest BCUT2D eigenvalue weighted by atomic mass is 16.5. The second-order valence-electron chi connectivity index (χ2n) is 3.51. The van der Waals surface area contributed by atoms with E-state index in [0.717, 1.165) is 32.7 Å². The van der Waals surface area contributed by atoms with E-state index in [-0.39, 0.29) is 6.10 Å². The Labute approximate surface area is 79.9 Å². The first kappa shape index (κ1) is 10.9. The van der Waals surface area contributed by atoms with Crippen LogP contribution in [0.4, 0.5) is 0 Å². The first-order valence-electron chi connectivity index (χ1n) is 4.93. The van der Waals surface area contributed by atoms with Gasteiger partial charge in [-0.1, -0.05) is 0 Å². The minimum Gasteiger partial charge on any atom is -0.389 e. The normalized spacial score (nSPS) is 22.6. The maximum atomic E-state index is 9.51. The Hall–Kier alpha value is -0.160. The zero-order valence-corrected chi connectivity index (χ0v) is 8.33. The molecule has 1 heterocycles. The van der Waals surface area contributed by atoms with Crippen LogP contribution in [0.25, 0.3) is 0 Å². The van der Waals surface area contributed by atoms with Crippen LogP contribution < -0.4 is 5.32 Å². The van der Waals surface area contributed by atoms with Crippen LogP contribution in [0.1, 0.15) is 6.42 Å². The van der Waals surface area contributed by atoms with Crippen LogP contribution >= 0.6 is 0 Å². The number of nitrogens with one attached hydrogen (secondary N) is 1. The van der Waals surface area contributed by atoms with Crippen LogP contribution in [-0.4, -0.2) is 62.6 Å². The molecular weight excluding hydrogens is 168 g/mol. The molecule has 1 rings (SSSR count). The fourth-order valence-electron chi connectivity index (χ4n) is 1.63. The summed E-state index contributed by atoms with van der Waals surface area (Å²) in [5.41, 5.74) is 0. The third-order valence-corrected chi connectivity index (χ3v) is 2.26. The first-order valence-corrected chi connectivity index (χ1v) is 4.93. The molecule has 0 aliphatic carbocycles. The number of aliphatic hydroxyl groups excluding tert-OH is 1. The predicted octanol–water partition coefficient (Wildman–Crippen LogP) is -0.711. The predicted molar refractivity (Wildman–Crippen MR) is 51.8 cm³/mol. The summed E-state index contributed by atoms with van der Waals surface area (Å²) in [5, 5.41) is 12.8. The summed E-state index contributed by atoms with van der Waals surface area (Å²) in [6.07, 6.45) is 0.822. The molecule has 1 aliphatic heterocycles. The average molecular weight is 188 g/mol. The van der Waals surface area contributed by atoms with Gasteiger partial charge in [-0.3, -0.25) is 4.90 Å². The van der Waals surface area contributed by atoms with Gasteiger partial charge in [-0.05, 0) is 19.5 Å². The van der Waals surface area contributed by atoms with Gasteiger partial charge in [-0.2, -0.15) is 0 Å². The summed E-state index contributed by atoms with van der Waals surface area (Å²) >= 11 is 0. The van der Waals surface area contributed by atoms with Gasteiger partial charge in [0.2, 0.25) is 0 Å². The maximum Gasteiger partial charge on any atom is 0.0900 e. The van der Waals surface area contributed by atoms with Crippen molar-refractivity contribution >= 4 is 0 Å². The molecule has 1 aliphatic rings. The van der Waals surface area contributed by atoms with Crippen LogP contribution in [0.2, 0.25) is 0 Å². The van der Waals surface area contributed by atoms with Gasteiger partial charge in [0.1, 0.15) is 0 Å². The van der Waals surface area contributed by atoms with Crippen LogP contribution in [0.15, 0.2) is 0 Å². The van der Waals surface area contributed by atoms with Gasteiger partial charge in [0.25, 0.3) is 0 Å². The number of aliphatic hydroxyl groups is 1. The third kappa shape index (κ3) is 4.57. The molecule has 4 nitrogen and oxygen atoms in total. The molecule has 13 heavy (non-hydrogen) atoms. The fourth-order valence-corrected chi connectivity index (χ4v) is 1.63. The lowest BCUT2D eigenvalue weighted by molar-refractivity contribution is 0.0392. The number of β-amino-alcohol motifs (C(OH)–C–C–N with tert-alkyl or cyclic N) is 1. The van der Waals surface area contributed by atoms with Crippen LogP contribution in [0.5, 0.6) is 0 Å². The molecule has 0 amide bonds. The lowest BCUT2D eigenvalue weighted by Crippen LogP contribution is -2.36. The maximum absolute atomic E-state index is 9.51. The van der Waals surface area contributed by atoms with Crippen molar-refractivity contribution in [3.63, 3.8) is 0 Å². The standard InChI is InChI=1S/C9H20N2O2/c1-13-8-9(12)7-11-5-2-3-10-4-6-11/h9-10,12H,2-8H2,1H3/t9-/m1/s1. The van der Waals surface area contributed by atoms with Gasteiger partial charge in [0.05, 0.1) is 12.7 Å². The monoisotopic (exact) mass is 188 g/mol. The molecule has 1 fully saturated rings. The molecule has 0 spiro atoms. The highest BCUT2D eigenvalue weighted by Gasteiger charge is 2.12. The van der Waals surface area contributed by atoms with Crippen LogP contribution in [0, 0.1) is 0 Å². The Kier molecular flexibility index (Phi) is 5.31. The van der Waals surface area contributed by atoms with Gasteiger partial charge in [-0.15, -0.1) is 0 Å². The highest BCUT2D eigenvalue weighted by molar-refractivity contribution is 4.69. The number of hydrogen-bond donors (Lipinski definition) is 2. The van der Waals surface area contributed by atoms with Crippen molar-refractivity contribution in [3.05, 3.63) is 0 Å². The quantitative estimate of drug-likeness (QED) is 0.612. The summed E-state index contributed by atoms with van der Waals surface area (Å²) in [5.74, 6) is 0. The molecule has 0 radical (unpaired) electrons. The second kappa shape index (κ2) is 6.32. The Morgan fingerprint density at radius 3 is 3.08 bits per heavy atom. The van der Waals surface area contributed by atoms with Crippen molar-refractivity contribution in [1.29, 1.82) is 0 Å². The fraction of sp³-hybridized carbons (Fsp3) is 1.00. The van der Waals surface area contributed by atoms with Crippen molar-refractivity contribution in [1.82, 2.24) is 10.2 Å². The summed E-state index contributed by atoms with van der Waals surface area (Å²) in [4.78, 5) is 2.28. The van der Waals surface area contributed by atoms with Gasteiger partial charge in [0.15, 0.2) is 0 Å². The van der Waals surface area contributed by atoms with E-state index in [1.165, 1.54) is 6.42 Å². The van der Waals surface area contributed by atoms with Crippen molar-refractivity contribution in [2.45, 2.75) is 12.5 Å². The van der Waals surface area contributed by atoms with E-state index in [1.54, 1.807) is 7.11 Å². The molecule has 78 valence electrons. The topological polar surface area (TPSA) is 44.7 Å². The van der Waals surface area contributed by atoms with E-state index in [0.29, 0.717) is 6.61 Å². The molecule has 0 unspecified atom stereocenters. The summed E-state index contributed by atoms with van der Waals surface area (Å²) in [6.45, 7) is 5.39. The molecule has 4 heteroatoms. The van der Waals surface area contributed by atoms with Crippen LogP contribution in [0.3, 0.4) is 0 Å². The van der Waals surface area contributed by atoms with Crippen molar-refractivity contribution in [3.8, 4) is 0 Å². The van der Waals surface area contributed by atoms with Gasteiger partial charge in [0, 0.05) is 26.7 Å². The Balaban J connectivity index is 2.17. The molecule has 0 bridgehead atoms. The zero-order valence-electron chi connectivity index (χ0n) is 8.33. The smallest absolute Gasteiger partial charge is 0.0900 e. The Morgan fingerprint density at radius 1 is 1.46 bits per heavy atom. The number of hydrogen-bond acceptors (Lipinski definition) is 4. The number of methoxy groups -OCH3 is 1. The van der Waals surface area contributed by atoms with E-state index >= 15 is 0 Å². The van der Waals surface area contributed by atoms with E-state index < -0.39 is 0 Å². The van der Waals surface area contributed by atoms with Crippen molar-refractivity contribution in [2.24, 2.45) is 0 Å².